The molecular weight excluding hydrogens is 354 g/mol. The number of hydrogen-bond donors (Lipinski definition) is 1. The number of ether oxygens (including phenoxy) is 1. The standard InChI is InChI=1S/C18H24ClN5O2/c1-20-18(24(2)11-13-8-10-25-12-13)21-9-7-16-22-17(23-26-16)14-3-5-15(19)6-4-14/h3-6,13H,7-12H2,1-2H3,(H,20,21). The zero-order chi connectivity index (χ0) is 18.4. The number of halogens is 1. The molecular formula is C18H24ClN5O2. The third-order valence-electron chi connectivity index (χ3n) is 4.32. The van der Waals surface area contributed by atoms with Crippen LogP contribution in [0.3, 0.4) is 0 Å². The molecule has 140 valence electrons. The smallest absolute Gasteiger partial charge is 0.228 e. The molecule has 1 aromatic carbocycles. The van der Waals surface area contributed by atoms with Gasteiger partial charge < -0.3 is 19.5 Å². The van der Waals surface area contributed by atoms with Crippen LogP contribution in [0.25, 0.3) is 11.4 Å². The first-order valence-electron chi connectivity index (χ1n) is 8.73. The molecule has 2 heterocycles. The van der Waals surface area contributed by atoms with Gasteiger partial charge >= 0.3 is 0 Å². The zero-order valence-electron chi connectivity index (χ0n) is 15.1. The quantitative estimate of drug-likeness (QED) is 0.615. The Bertz CT molecular complexity index is 725. The van der Waals surface area contributed by atoms with E-state index in [1.807, 2.05) is 31.3 Å². The molecule has 3 rings (SSSR count). The van der Waals surface area contributed by atoms with Crippen molar-refractivity contribution in [3.05, 3.63) is 35.2 Å². The van der Waals surface area contributed by atoms with Crippen molar-refractivity contribution in [1.82, 2.24) is 20.4 Å². The van der Waals surface area contributed by atoms with Gasteiger partial charge in [-0.15, -0.1) is 0 Å². The fourth-order valence-corrected chi connectivity index (χ4v) is 3.07. The normalized spacial score (nSPS) is 17.5. The van der Waals surface area contributed by atoms with Crippen molar-refractivity contribution in [3.8, 4) is 11.4 Å². The number of rotatable bonds is 6. The van der Waals surface area contributed by atoms with E-state index in [1.54, 1.807) is 7.05 Å². The third-order valence-corrected chi connectivity index (χ3v) is 4.57. The Morgan fingerprint density at radius 2 is 2.19 bits per heavy atom. The fourth-order valence-electron chi connectivity index (χ4n) is 2.94. The largest absolute Gasteiger partial charge is 0.381 e. The van der Waals surface area contributed by atoms with Crippen LogP contribution in [0.4, 0.5) is 0 Å². The second kappa shape index (κ2) is 9.00. The lowest BCUT2D eigenvalue weighted by molar-refractivity contribution is 0.181. The van der Waals surface area contributed by atoms with Gasteiger partial charge in [0.1, 0.15) is 0 Å². The maximum absolute atomic E-state index is 5.90. The minimum Gasteiger partial charge on any atom is -0.381 e. The Morgan fingerprint density at radius 1 is 1.38 bits per heavy atom. The van der Waals surface area contributed by atoms with Gasteiger partial charge in [-0.25, -0.2) is 0 Å². The summed E-state index contributed by atoms with van der Waals surface area (Å²) in [5.74, 6) is 2.58. The molecule has 1 unspecified atom stereocenters. The molecule has 0 amide bonds. The summed E-state index contributed by atoms with van der Waals surface area (Å²) in [6.45, 7) is 3.29. The molecule has 8 heteroatoms. The Morgan fingerprint density at radius 3 is 2.88 bits per heavy atom. The van der Waals surface area contributed by atoms with Gasteiger partial charge in [0.15, 0.2) is 5.96 Å². The van der Waals surface area contributed by atoms with Crippen LogP contribution in [0.1, 0.15) is 12.3 Å². The van der Waals surface area contributed by atoms with E-state index in [9.17, 15) is 0 Å². The summed E-state index contributed by atoms with van der Waals surface area (Å²) in [4.78, 5) is 10.9. The van der Waals surface area contributed by atoms with Crippen LogP contribution in [0, 0.1) is 5.92 Å². The number of nitrogens with zero attached hydrogens (tertiary/aromatic N) is 4. The highest BCUT2D eigenvalue weighted by Crippen LogP contribution is 2.18. The second-order valence-electron chi connectivity index (χ2n) is 6.35. The average molecular weight is 378 g/mol. The summed E-state index contributed by atoms with van der Waals surface area (Å²) in [6.07, 6.45) is 1.73. The van der Waals surface area contributed by atoms with Crippen LogP contribution in [0.15, 0.2) is 33.8 Å². The number of aliphatic imine (C=N–C) groups is 1. The maximum Gasteiger partial charge on any atom is 0.228 e. The molecule has 0 radical (unpaired) electrons. The molecule has 1 atom stereocenters. The summed E-state index contributed by atoms with van der Waals surface area (Å²) in [6, 6.07) is 7.37. The number of benzene rings is 1. The molecule has 1 N–H and O–H groups in total. The molecule has 1 aromatic heterocycles. The minimum absolute atomic E-state index is 0.566. The molecule has 26 heavy (non-hydrogen) atoms. The van der Waals surface area contributed by atoms with Gasteiger partial charge in [0.25, 0.3) is 0 Å². The van der Waals surface area contributed by atoms with Crippen LogP contribution in [-0.4, -0.2) is 61.4 Å². The van der Waals surface area contributed by atoms with Crippen molar-refractivity contribution in [3.63, 3.8) is 0 Å². The van der Waals surface area contributed by atoms with Gasteiger partial charge in [-0.1, -0.05) is 16.8 Å². The van der Waals surface area contributed by atoms with Crippen LogP contribution >= 0.6 is 11.6 Å². The van der Waals surface area contributed by atoms with E-state index in [-0.39, 0.29) is 0 Å². The summed E-state index contributed by atoms with van der Waals surface area (Å²) in [7, 11) is 3.83. The van der Waals surface area contributed by atoms with E-state index in [2.05, 4.69) is 25.3 Å². The molecule has 0 saturated carbocycles. The zero-order valence-corrected chi connectivity index (χ0v) is 15.9. The van der Waals surface area contributed by atoms with E-state index in [0.717, 1.165) is 37.7 Å². The van der Waals surface area contributed by atoms with Crippen LogP contribution < -0.4 is 5.32 Å². The maximum atomic E-state index is 5.90. The number of nitrogens with one attached hydrogen (secondary N) is 1. The number of guanidine groups is 1. The summed E-state index contributed by atoms with van der Waals surface area (Å²) < 4.78 is 10.8. The first-order chi connectivity index (χ1) is 12.7. The predicted molar refractivity (Wildman–Crippen MR) is 101 cm³/mol. The Balaban J connectivity index is 1.48. The molecule has 7 nitrogen and oxygen atoms in total. The summed E-state index contributed by atoms with van der Waals surface area (Å²) in [5, 5.41) is 8.05. The molecule has 0 bridgehead atoms. The van der Waals surface area contributed by atoms with Gasteiger partial charge in [0.2, 0.25) is 11.7 Å². The first kappa shape index (κ1) is 18.7. The fraction of sp³-hybridized carbons (Fsp3) is 0.500. The van der Waals surface area contributed by atoms with E-state index in [1.165, 1.54) is 0 Å². The van der Waals surface area contributed by atoms with E-state index >= 15 is 0 Å². The Hall–Kier alpha value is -2.12. The van der Waals surface area contributed by atoms with Crippen molar-refractivity contribution >= 4 is 17.6 Å². The van der Waals surface area contributed by atoms with Crippen molar-refractivity contribution in [2.75, 3.05) is 40.4 Å². The molecule has 0 aliphatic carbocycles. The van der Waals surface area contributed by atoms with Crippen LogP contribution in [-0.2, 0) is 11.2 Å². The molecule has 1 saturated heterocycles. The molecule has 1 aliphatic rings. The predicted octanol–water partition coefficient (Wildman–Crippen LogP) is 2.48. The third kappa shape index (κ3) is 4.95. The lowest BCUT2D eigenvalue weighted by Gasteiger charge is -2.24. The van der Waals surface area contributed by atoms with Crippen LogP contribution in [0.5, 0.6) is 0 Å². The second-order valence-corrected chi connectivity index (χ2v) is 6.79. The number of aromatic nitrogens is 2. The molecule has 2 aromatic rings. The molecule has 1 aliphatic heterocycles. The lowest BCUT2D eigenvalue weighted by atomic mass is 10.1. The van der Waals surface area contributed by atoms with E-state index in [4.69, 9.17) is 20.9 Å². The average Bonchev–Trinajstić information content (AvgIpc) is 3.31. The van der Waals surface area contributed by atoms with Gasteiger partial charge in [-0.2, -0.15) is 4.98 Å². The molecule has 1 fully saturated rings. The first-order valence-corrected chi connectivity index (χ1v) is 9.11. The Labute approximate surface area is 158 Å². The van der Waals surface area contributed by atoms with E-state index < -0.39 is 0 Å². The van der Waals surface area contributed by atoms with Crippen molar-refractivity contribution in [2.24, 2.45) is 10.9 Å². The Kier molecular flexibility index (Phi) is 6.46. The summed E-state index contributed by atoms with van der Waals surface area (Å²) in [5.41, 5.74) is 0.881. The number of hydrogen-bond acceptors (Lipinski definition) is 5. The van der Waals surface area contributed by atoms with Gasteiger partial charge in [0.05, 0.1) is 6.61 Å². The summed E-state index contributed by atoms with van der Waals surface area (Å²) >= 11 is 5.90. The molecule has 0 spiro atoms. The van der Waals surface area contributed by atoms with Gasteiger partial charge in [-0.3, -0.25) is 4.99 Å². The van der Waals surface area contributed by atoms with E-state index in [0.29, 0.717) is 35.6 Å². The topological polar surface area (TPSA) is 75.8 Å². The van der Waals surface area contributed by atoms with Gasteiger partial charge in [0, 0.05) is 56.7 Å². The van der Waals surface area contributed by atoms with Crippen molar-refractivity contribution in [1.29, 1.82) is 0 Å². The highest BCUT2D eigenvalue weighted by molar-refractivity contribution is 6.30. The SMILES string of the molecule is CN=C(NCCc1nc(-c2ccc(Cl)cc2)no1)N(C)CC1CCOC1. The lowest BCUT2D eigenvalue weighted by Crippen LogP contribution is -2.42. The highest BCUT2D eigenvalue weighted by Gasteiger charge is 2.19. The van der Waals surface area contributed by atoms with Crippen molar-refractivity contribution in [2.45, 2.75) is 12.8 Å². The van der Waals surface area contributed by atoms with Crippen LogP contribution in [0.2, 0.25) is 5.02 Å². The van der Waals surface area contributed by atoms with Crippen molar-refractivity contribution < 1.29 is 9.26 Å². The highest BCUT2D eigenvalue weighted by atomic mass is 35.5. The van der Waals surface area contributed by atoms with Gasteiger partial charge in [-0.05, 0) is 30.7 Å². The monoisotopic (exact) mass is 377 g/mol. The minimum atomic E-state index is 0.566.